The van der Waals surface area contributed by atoms with E-state index < -0.39 is 0 Å². The highest BCUT2D eigenvalue weighted by Crippen LogP contribution is 2.24. The van der Waals surface area contributed by atoms with Gasteiger partial charge in [0.1, 0.15) is 5.82 Å². The molecule has 0 aromatic carbocycles. The van der Waals surface area contributed by atoms with Crippen molar-refractivity contribution >= 4 is 5.82 Å². The smallest absolute Gasteiger partial charge is 0.128 e. The van der Waals surface area contributed by atoms with Crippen LogP contribution in [0.15, 0.2) is 12.3 Å². The molecule has 2 heterocycles. The lowest BCUT2D eigenvalue weighted by Gasteiger charge is -2.12. The molecule has 76 valence electrons. The van der Waals surface area contributed by atoms with E-state index >= 15 is 0 Å². The predicted octanol–water partition coefficient (Wildman–Crippen LogP) is 1.86. The van der Waals surface area contributed by atoms with Gasteiger partial charge in [-0.15, -0.1) is 0 Å². The first-order valence-corrected chi connectivity index (χ1v) is 5.19. The van der Waals surface area contributed by atoms with Gasteiger partial charge >= 0.3 is 0 Å². The van der Waals surface area contributed by atoms with E-state index in [4.69, 9.17) is 0 Å². The Balaban J connectivity index is 2.23. The van der Waals surface area contributed by atoms with Crippen LogP contribution in [0.1, 0.15) is 30.0 Å². The van der Waals surface area contributed by atoms with E-state index in [1.54, 1.807) is 0 Å². The second-order valence-electron chi connectivity index (χ2n) is 3.83. The predicted molar refractivity (Wildman–Crippen MR) is 58.5 cm³/mol. The minimum Gasteiger partial charge on any atom is -0.373 e. The van der Waals surface area contributed by atoms with Gasteiger partial charge in [0.15, 0.2) is 0 Å². The summed E-state index contributed by atoms with van der Waals surface area (Å²) in [6.07, 6.45) is 4.49. The first kappa shape index (κ1) is 9.46. The summed E-state index contributed by atoms with van der Waals surface area (Å²) < 4.78 is 0. The zero-order valence-corrected chi connectivity index (χ0v) is 8.80. The molecule has 0 saturated carbocycles. The Bertz CT molecular complexity index is 316. The minimum atomic E-state index is 0.520. The molecule has 1 aliphatic heterocycles. The van der Waals surface area contributed by atoms with Gasteiger partial charge in [-0.3, -0.25) is 0 Å². The molecule has 1 aliphatic rings. The van der Waals surface area contributed by atoms with E-state index in [2.05, 4.69) is 28.6 Å². The van der Waals surface area contributed by atoms with Crippen LogP contribution >= 0.6 is 0 Å². The summed E-state index contributed by atoms with van der Waals surface area (Å²) in [7, 11) is 1.91. The monoisotopic (exact) mass is 191 g/mol. The Morgan fingerprint density at radius 1 is 1.57 bits per heavy atom. The largest absolute Gasteiger partial charge is 0.373 e. The van der Waals surface area contributed by atoms with Gasteiger partial charge in [-0.25, -0.2) is 4.98 Å². The van der Waals surface area contributed by atoms with Crippen molar-refractivity contribution < 1.29 is 0 Å². The maximum atomic E-state index is 4.39. The molecule has 1 aromatic heterocycles. The third-order valence-electron chi connectivity index (χ3n) is 2.80. The van der Waals surface area contributed by atoms with Gasteiger partial charge in [0, 0.05) is 19.3 Å². The number of hydrogen-bond acceptors (Lipinski definition) is 3. The Morgan fingerprint density at radius 2 is 2.43 bits per heavy atom. The van der Waals surface area contributed by atoms with E-state index in [0.717, 1.165) is 12.4 Å². The normalized spacial score (nSPS) is 21.1. The molecule has 1 aromatic rings. The molecule has 0 radical (unpaired) electrons. The number of hydrogen-bond donors (Lipinski definition) is 2. The van der Waals surface area contributed by atoms with Crippen LogP contribution in [-0.2, 0) is 0 Å². The Hall–Kier alpha value is -1.09. The van der Waals surface area contributed by atoms with Gasteiger partial charge in [0.2, 0.25) is 0 Å². The highest BCUT2D eigenvalue weighted by Gasteiger charge is 2.16. The standard InChI is InChI=1S/C11H17N3/c1-8-6-9(7-14-11(8)12-2)10-4-3-5-13-10/h6-7,10,13H,3-5H2,1-2H3,(H,12,14)/t10-/m0/s1. The van der Waals surface area contributed by atoms with Crippen molar-refractivity contribution in [3.8, 4) is 0 Å². The van der Waals surface area contributed by atoms with Gasteiger partial charge in [0.05, 0.1) is 0 Å². The van der Waals surface area contributed by atoms with Crippen molar-refractivity contribution in [3.63, 3.8) is 0 Å². The summed E-state index contributed by atoms with van der Waals surface area (Å²) in [5.74, 6) is 0.978. The average Bonchev–Trinajstić information content (AvgIpc) is 2.70. The van der Waals surface area contributed by atoms with Gasteiger partial charge in [-0.2, -0.15) is 0 Å². The zero-order chi connectivity index (χ0) is 9.97. The second kappa shape index (κ2) is 3.96. The SMILES string of the molecule is CNc1ncc([C@@H]2CCCN2)cc1C. The number of anilines is 1. The molecule has 0 spiro atoms. The quantitative estimate of drug-likeness (QED) is 0.749. The van der Waals surface area contributed by atoms with Crippen LogP contribution in [0.4, 0.5) is 5.82 Å². The van der Waals surface area contributed by atoms with Gasteiger partial charge in [-0.05, 0) is 43.5 Å². The average molecular weight is 191 g/mol. The summed E-state index contributed by atoms with van der Waals surface area (Å²) in [5.41, 5.74) is 2.54. The van der Waals surface area contributed by atoms with Gasteiger partial charge in [-0.1, -0.05) is 0 Å². The lowest BCUT2D eigenvalue weighted by molar-refractivity contribution is 0.644. The van der Waals surface area contributed by atoms with Crippen LogP contribution in [0.3, 0.4) is 0 Å². The molecule has 0 amide bonds. The van der Waals surface area contributed by atoms with Crippen molar-refractivity contribution in [2.75, 3.05) is 18.9 Å². The Labute approximate surface area is 84.9 Å². The minimum absolute atomic E-state index is 0.520. The van der Waals surface area contributed by atoms with Gasteiger partial charge < -0.3 is 10.6 Å². The topological polar surface area (TPSA) is 37.0 Å². The molecular formula is C11H17N3. The molecule has 0 bridgehead atoms. The number of aryl methyl sites for hydroxylation is 1. The third-order valence-corrected chi connectivity index (χ3v) is 2.80. The van der Waals surface area contributed by atoms with Crippen LogP contribution in [0.25, 0.3) is 0 Å². The lowest BCUT2D eigenvalue weighted by atomic mass is 10.1. The Kier molecular flexibility index (Phi) is 2.68. The second-order valence-corrected chi connectivity index (χ2v) is 3.83. The molecule has 3 heteroatoms. The fourth-order valence-corrected chi connectivity index (χ4v) is 2.02. The summed E-state index contributed by atoms with van der Waals surface area (Å²) in [4.78, 5) is 4.39. The van der Waals surface area contributed by atoms with Crippen molar-refractivity contribution in [2.24, 2.45) is 0 Å². The van der Waals surface area contributed by atoms with E-state index in [0.29, 0.717) is 6.04 Å². The molecule has 0 unspecified atom stereocenters. The maximum Gasteiger partial charge on any atom is 0.128 e. The third kappa shape index (κ3) is 1.73. The zero-order valence-electron chi connectivity index (χ0n) is 8.80. The fraction of sp³-hybridized carbons (Fsp3) is 0.545. The molecule has 1 fully saturated rings. The van der Waals surface area contributed by atoms with Crippen LogP contribution < -0.4 is 10.6 Å². The molecule has 1 saturated heterocycles. The number of nitrogens with zero attached hydrogens (tertiary/aromatic N) is 1. The van der Waals surface area contributed by atoms with E-state index in [1.165, 1.54) is 24.0 Å². The fourth-order valence-electron chi connectivity index (χ4n) is 2.02. The van der Waals surface area contributed by atoms with Gasteiger partial charge in [0.25, 0.3) is 0 Å². The number of nitrogens with one attached hydrogen (secondary N) is 2. The summed E-state index contributed by atoms with van der Waals surface area (Å²) in [5, 5.41) is 6.56. The maximum absolute atomic E-state index is 4.39. The van der Waals surface area contributed by atoms with Crippen molar-refractivity contribution in [2.45, 2.75) is 25.8 Å². The molecule has 2 N–H and O–H groups in total. The number of aromatic nitrogens is 1. The molecule has 0 aliphatic carbocycles. The van der Waals surface area contributed by atoms with E-state index in [1.807, 2.05) is 13.2 Å². The van der Waals surface area contributed by atoms with Crippen molar-refractivity contribution in [1.29, 1.82) is 0 Å². The number of rotatable bonds is 2. The molecule has 14 heavy (non-hydrogen) atoms. The summed E-state index contributed by atoms with van der Waals surface area (Å²) in [6, 6.07) is 2.74. The van der Waals surface area contributed by atoms with Crippen LogP contribution in [-0.4, -0.2) is 18.6 Å². The molecule has 3 nitrogen and oxygen atoms in total. The van der Waals surface area contributed by atoms with Crippen LogP contribution in [0, 0.1) is 6.92 Å². The summed E-state index contributed by atoms with van der Waals surface area (Å²) in [6.45, 7) is 3.23. The first-order chi connectivity index (χ1) is 6.81. The lowest BCUT2D eigenvalue weighted by Crippen LogP contribution is -2.13. The van der Waals surface area contributed by atoms with Crippen molar-refractivity contribution in [1.82, 2.24) is 10.3 Å². The van der Waals surface area contributed by atoms with E-state index in [9.17, 15) is 0 Å². The van der Waals surface area contributed by atoms with Crippen LogP contribution in [0.5, 0.6) is 0 Å². The Morgan fingerprint density at radius 3 is 3.00 bits per heavy atom. The highest BCUT2D eigenvalue weighted by molar-refractivity contribution is 5.44. The molecule has 1 atom stereocenters. The van der Waals surface area contributed by atoms with Crippen LogP contribution in [0.2, 0.25) is 0 Å². The first-order valence-electron chi connectivity index (χ1n) is 5.19. The molecular weight excluding hydrogens is 174 g/mol. The highest BCUT2D eigenvalue weighted by atomic mass is 15.0. The molecule has 2 rings (SSSR count). The summed E-state index contributed by atoms with van der Waals surface area (Å²) >= 11 is 0. The van der Waals surface area contributed by atoms with E-state index in [-0.39, 0.29) is 0 Å². The number of pyridine rings is 1. The van der Waals surface area contributed by atoms with Crippen molar-refractivity contribution in [3.05, 3.63) is 23.4 Å².